The summed E-state index contributed by atoms with van der Waals surface area (Å²) in [7, 11) is 1.50. The molecule has 30 heavy (non-hydrogen) atoms. The van der Waals surface area contributed by atoms with Gasteiger partial charge in [0.15, 0.2) is 0 Å². The lowest BCUT2D eigenvalue weighted by Crippen LogP contribution is -2.28. The number of hydrogen-bond donors (Lipinski definition) is 2. The fourth-order valence-corrected chi connectivity index (χ4v) is 3.34. The van der Waals surface area contributed by atoms with Gasteiger partial charge >= 0.3 is 0 Å². The molecule has 3 amide bonds. The van der Waals surface area contributed by atoms with Crippen LogP contribution in [0.15, 0.2) is 42.5 Å². The van der Waals surface area contributed by atoms with E-state index in [1.807, 2.05) is 19.1 Å². The molecule has 1 atom stereocenters. The second kappa shape index (κ2) is 9.30. The maximum absolute atomic E-state index is 12.7. The summed E-state index contributed by atoms with van der Waals surface area (Å²) in [5, 5.41) is 5.49. The van der Waals surface area contributed by atoms with Crippen molar-refractivity contribution in [3.05, 3.63) is 42.5 Å². The molecule has 0 spiro atoms. The van der Waals surface area contributed by atoms with Gasteiger partial charge in [0.25, 0.3) is 0 Å². The highest BCUT2D eigenvalue weighted by molar-refractivity contribution is 6.04. The molecular weight excluding hydrogens is 386 g/mol. The predicted molar refractivity (Wildman–Crippen MR) is 114 cm³/mol. The lowest BCUT2D eigenvalue weighted by molar-refractivity contribution is -0.122. The predicted octanol–water partition coefficient (Wildman–Crippen LogP) is 3.04. The maximum Gasteiger partial charge on any atom is 0.229 e. The Balaban J connectivity index is 1.68. The van der Waals surface area contributed by atoms with Gasteiger partial charge in [0.2, 0.25) is 17.7 Å². The number of nitrogens with one attached hydrogen (secondary N) is 2. The summed E-state index contributed by atoms with van der Waals surface area (Å²) in [6.07, 6.45) is 0.133. The van der Waals surface area contributed by atoms with E-state index in [1.54, 1.807) is 35.2 Å². The second-order valence-corrected chi connectivity index (χ2v) is 6.92. The summed E-state index contributed by atoms with van der Waals surface area (Å²) >= 11 is 0. The monoisotopic (exact) mass is 411 g/mol. The lowest BCUT2D eigenvalue weighted by Gasteiger charge is -2.17. The minimum absolute atomic E-state index is 0.104. The third-order valence-corrected chi connectivity index (χ3v) is 4.73. The Labute approximate surface area is 175 Å². The lowest BCUT2D eigenvalue weighted by atomic mass is 10.1. The van der Waals surface area contributed by atoms with E-state index in [-0.39, 0.29) is 24.1 Å². The van der Waals surface area contributed by atoms with Crippen LogP contribution in [0, 0.1) is 5.92 Å². The largest absolute Gasteiger partial charge is 0.495 e. The molecule has 0 saturated carbocycles. The van der Waals surface area contributed by atoms with Crippen LogP contribution >= 0.6 is 0 Å². The molecular formula is C22H25N3O5. The Hall–Kier alpha value is -3.55. The number of anilines is 3. The van der Waals surface area contributed by atoms with E-state index in [1.165, 1.54) is 14.0 Å². The number of hydrogen-bond acceptors (Lipinski definition) is 5. The van der Waals surface area contributed by atoms with E-state index in [4.69, 9.17) is 9.47 Å². The van der Waals surface area contributed by atoms with Crippen molar-refractivity contribution in [1.82, 2.24) is 0 Å². The number of carbonyl (C=O) groups is 3. The van der Waals surface area contributed by atoms with E-state index >= 15 is 0 Å². The minimum Gasteiger partial charge on any atom is -0.495 e. The molecule has 2 aromatic carbocycles. The molecule has 2 N–H and O–H groups in total. The second-order valence-electron chi connectivity index (χ2n) is 6.92. The van der Waals surface area contributed by atoms with Crippen LogP contribution in [-0.4, -0.2) is 38.0 Å². The summed E-state index contributed by atoms with van der Waals surface area (Å²) in [6, 6.07) is 12.2. The number of rotatable bonds is 7. The molecule has 1 aliphatic rings. The molecule has 0 aromatic heterocycles. The molecule has 1 aliphatic heterocycles. The number of carbonyl (C=O) groups excluding carboxylic acids is 3. The van der Waals surface area contributed by atoms with Crippen molar-refractivity contribution in [3.63, 3.8) is 0 Å². The Kier molecular flexibility index (Phi) is 6.56. The molecule has 1 saturated heterocycles. The Morgan fingerprint density at radius 3 is 2.50 bits per heavy atom. The van der Waals surface area contributed by atoms with Crippen molar-refractivity contribution in [2.45, 2.75) is 20.3 Å². The van der Waals surface area contributed by atoms with Gasteiger partial charge in [-0.05, 0) is 49.4 Å². The first-order valence-corrected chi connectivity index (χ1v) is 9.71. The molecule has 0 aliphatic carbocycles. The van der Waals surface area contributed by atoms with Gasteiger partial charge in [-0.2, -0.15) is 0 Å². The number of ether oxygens (including phenoxy) is 2. The SMILES string of the molecule is CCOc1ccc(N2CC(C(=O)Nc3ccc(OC)c(NC(C)=O)c3)CC2=O)cc1. The van der Waals surface area contributed by atoms with E-state index in [0.717, 1.165) is 11.4 Å². The smallest absolute Gasteiger partial charge is 0.229 e. The van der Waals surface area contributed by atoms with Crippen molar-refractivity contribution in [1.29, 1.82) is 0 Å². The summed E-state index contributed by atoms with van der Waals surface area (Å²) < 4.78 is 10.6. The zero-order valence-corrected chi connectivity index (χ0v) is 17.2. The fourth-order valence-electron chi connectivity index (χ4n) is 3.34. The molecule has 158 valence electrons. The number of methoxy groups -OCH3 is 1. The first-order valence-electron chi connectivity index (χ1n) is 9.71. The average molecular weight is 411 g/mol. The average Bonchev–Trinajstić information content (AvgIpc) is 3.10. The molecule has 8 heteroatoms. The van der Waals surface area contributed by atoms with E-state index in [2.05, 4.69) is 10.6 Å². The van der Waals surface area contributed by atoms with Gasteiger partial charge in [-0.3, -0.25) is 14.4 Å². The quantitative estimate of drug-likeness (QED) is 0.730. The number of amides is 3. The van der Waals surface area contributed by atoms with Gasteiger partial charge in [-0.25, -0.2) is 0 Å². The highest BCUT2D eigenvalue weighted by Crippen LogP contribution is 2.30. The van der Waals surface area contributed by atoms with Crippen LogP contribution in [0.5, 0.6) is 11.5 Å². The maximum atomic E-state index is 12.7. The standard InChI is InChI=1S/C22H25N3O5/c1-4-30-18-8-6-17(7-9-18)25-13-15(11-21(25)27)22(28)24-16-5-10-20(29-3)19(12-16)23-14(2)26/h5-10,12,15H,4,11,13H2,1-3H3,(H,23,26)(H,24,28). The molecule has 1 heterocycles. The Morgan fingerprint density at radius 1 is 1.13 bits per heavy atom. The first-order chi connectivity index (χ1) is 14.4. The van der Waals surface area contributed by atoms with Crippen LogP contribution in [0.4, 0.5) is 17.1 Å². The van der Waals surface area contributed by atoms with Gasteiger partial charge in [0, 0.05) is 31.3 Å². The molecule has 1 fully saturated rings. The zero-order chi connectivity index (χ0) is 21.7. The zero-order valence-electron chi connectivity index (χ0n) is 17.2. The Bertz CT molecular complexity index is 942. The van der Waals surface area contributed by atoms with E-state index < -0.39 is 5.92 Å². The van der Waals surface area contributed by atoms with Crippen molar-refractivity contribution in [3.8, 4) is 11.5 Å². The summed E-state index contributed by atoms with van der Waals surface area (Å²) in [5.74, 6) is 0.140. The van der Waals surface area contributed by atoms with E-state index in [0.29, 0.717) is 30.3 Å². The Morgan fingerprint density at radius 2 is 1.87 bits per heavy atom. The third-order valence-electron chi connectivity index (χ3n) is 4.73. The summed E-state index contributed by atoms with van der Waals surface area (Å²) in [6.45, 7) is 4.17. The highest BCUT2D eigenvalue weighted by Gasteiger charge is 2.35. The molecule has 2 aromatic rings. The number of nitrogens with zero attached hydrogens (tertiary/aromatic N) is 1. The van der Waals surface area contributed by atoms with Crippen LogP contribution in [0.25, 0.3) is 0 Å². The van der Waals surface area contributed by atoms with Crippen molar-refractivity contribution in [2.24, 2.45) is 5.92 Å². The van der Waals surface area contributed by atoms with Crippen molar-refractivity contribution >= 4 is 34.8 Å². The first kappa shape index (κ1) is 21.2. The van der Waals surface area contributed by atoms with Crippen molar-refractivity contribution < 1.29 is 23.9 Å². The fraction of sp³-hybridized carbons (Fsp3) is 0.318. The van der Waals surface area contributed by atoms with Crippen LogP contribution in [-0.2, 0) is 14.4 Å². The van der Waals surface area contributed by atoms with Gasteiger partial charge in [0.1, 0.15) is 11.5 Å². The van der Waals surface area contributed by atoms with Gasteiger partial charge in [-0.15, -0.1) is 0 Å². The summed E-state index contributed by atoms with van der Waals surface area (Å²) in [5.41, 5.74) is 1.70. The molecule has 3 rings (SSSR count). The topological polar surface area (TPSA) is 97.0 Å². The summed E-state index contributed by atoms with van der Waals surface area (Å²) in [4.78, 5) is 38.2. The van der Waals surface area contributed by atoms with Gasteiger partial charge in [0.05, 0.1) is 25.3 Å². The number of benzene rings is 2. The van der Waals surface area contributed by atoms with Gasteiger partial charge < -0.3 is 25.0 Å². The molecule has 0 radical (unpaired) electrons. The minimum atomic E-state index is -0.476. The molecule has 1 unspecified atom stereocenters. The van der Waals surface area contributed by atoms with E-state index in [9.17, 15) is 14.4 Å². The van der Waals surface area contributed by atoms with Crippen LogP contribution in [0.1, 0.15) is 20.3 Å². The van der Waals surface area contributed by atoms with Crippen LogP contribution in [0.2, 0.25) is 0 Å². The van der Waals surface area contributed by atoms with Crippen LogP contribution < -0.4 is 25.0 Å². The highest BCUT2D eigenvalue weighted by atomic mass is 16.5. The molecule has 8 nitrogen and oxygen atoms in total. The van der Waals surface area contributed by atoms with Gasteiger partial charge in [-0.1, -0.05) is 0 Å². The van der Waals surface area contributed by atoms with Crippen LogP contribution in [0.3, 0.4) is 0 Å². The molecule has 0 bridgehead atoms. The van der Waals surface area contributed by atoms with Crippen molar-refractivity contribution in [2.75, 3.05) is 35.8 Å². The normalized spacial score (nSPS) is 15.6. The third kappa shape index (κ3) is 4.89.